The summed E-state index contributed by atoms with van der Waals surface area (Å²) >= 11 is 1.08. The zero-order chi connectivity index (χ0) is 17.5. The summed E-state index contributed by atoms with van der Waals surface area (Å²) in [5, 5.41) is 4.79. The molecule has 132 valence electrons. The Balaban J connectivity index is 2.03. The van der Waals surface area contributed by atoms with E-state index < -0.39 is 25.9 Å². The molecule has 8 nitrogen and oxygen atoms in total. The van der Waals surface area contributed by atoms with Crippen molar-refractivity contribution in [2.75, 3.05) is 18.1 Å². The van der Waals surface area contributed by atoms with Crippen molar-refractivity contribution in [1.29, 1.82) is 0 Å². The lowest BCUT2D eigenvalue weighted by Gasteiger charge is -2.33. The first-order valence-electron chi connectivity index (χ1n) is 7.40. The lowest BCUT2D eigenvalue weighted by atomic mass is 10.2. The minimum Gasteiger partial charge on any atom is -0.273 e. The molecule has 0 saturated carbocycles. The van der Waals surface area contributed by atoms with Gasteiger partial charge in [-0.25, -0.2) is 21.8 Å². The maximum absolute atomic E-state index is 12.9. The topological polar surface area (TPSA) is 102 Å². The van der Waals surface area contributed by atoms with Gasteiger partial charge in [0.2, 0.25) is 0 Å². The Morgan fingerprint density at radius 3 is 2.71 bits per heavy atom. The molecule has 3 rings (SSSR count). The molecular weight excluding hydrogens is 372 g/mol. The van der Waals surface area contributed by atoms with Gasteiger partial charge in [-0.15, -0.1) is 11.3 Å². The Morgan fingerprint density at radius 2 is 2.12 bits per heavy atom. The van der Waals surface area contributed by atoms with E-state index in [1.165, 1.54) is 16.7 Å². The smallest absolute Gasteiger partial charge is 0.254 e. The summed E-state index contributed by atoms with van der Waals surface area (Å²) in [7, 11) is -7.10. The van der Waals surface area contributed by atoms with E-state index in [-0.39, 0.29) is 22.3 Å². The summed E-state index contributed by atoms with van der Waals surface area (Å²) in [5.41, 5.74) is 0.588. The lowest BCUT2D eigenvalue weighted by molar-refractivity contribution is 0.345. The fourth-order valence-corrected chi connectivity index (χ4v) is 7.20. The maximum atomic E-state index is 12.9. The van der Waals surface area contributed by atoms with Crippen LogP contribution in [0.3, 0.4) is 0 Å². The van der Waals surface area contributed by atoms with Crippen molar-refractivity contribution < 1.29 is 16.8 Å². The summed E-state index contributed by atoms with van der Waals surface area (Å²) in [6, 6.07) is -0.767. The van der Waals surface area contributed by atoms with Gasteiger partial charge in [0.05, 0.1) is 34.9 Å². The van der Waals surface area contributed by atoms with Crippen LogP contribution in [0.2, 0.25) is 0 Å². The normalized spacial score (nSPS) is 21.8. The van der Waals surface area contributed by atoms with Crippen LogP contribution in [0.4, 0.5) is 0 Å². The Morgan fingerprint density at radius 1 is 1.38 bits per heavy atom. The molecule has 1 atom stereocenters. The van der Waals surface area contributed by atoms with Gasteiger partial charge < -0.3 is 0 Å². The van der Waals surface area contributed by atoms with Crippen molar-refractivity contribution in [3.8, 4) is 0 Å². The molecule has 3 heterocycles. The molecule has 1 fully saturated rings. The largest absolute Gasteiger partial charge is 0.273 e. The number of nitrogens with zero attached hydrogens (tertiary/aromatic N) is 4. The van der Waals surface area contributed by atoms with E-state index in [0.29, 0.717) is 17.1 Å². The number of hydrogen-bond donors (Lipinski definition) is 0. The van der Waals surface area contributed by atoms with E-state index >= 15 is 0 Å². The molecule has 0 aromatic carbocycles. The molecule has 0 bridgehead atoms. The first-order valence-corrected chi connectivity index (χ1v) is 11.5. The van der Waals surface area contributed by atoms with Gasteiger partial charge in [-0.3, -0.25) is 4.68 Å². The second-order valence-electron chi connectivity index (χ2n) is 5.57. The van der Waals surface area contributed by atoms with Gasteiger partial charge in [-0.05, 0) is 13.8 Å². The zero-order valence-corrected chi connectivity index (χ0v) is 15.7. The Kier molecular flexibility index (Phi) is 4.53. The molecule has 0 N–H and O–H groups in total. The number of sulfonamides is 1. The number of aryl methyl sites for hydroxylation is 2. The van der Waals surface area contributed by atoms with E-state index in [1.54, 1.807) is 17.8 Å². The monoisotopic (exact) mass is 390 g/mol. The number of hydrogen-bond acceptors (Lipinski definition) is 7. The third kappa shape index (κ3) is 3.25. The molecule has 1 saturated heterocycles. The predicted octanol–water partition coefficient (Wildman–Crippen LogP) is 0.828. The van der Waals surface area contributed by atoms with Crippen LogP contribution in [0.15, 0.2) is 22.8 Å². The SMILES string of the molecule is CCn1cc(C2CS(=O)(=O)CCN2S(=O)(=O)c2cnc(C)s2)cn1. The molecule has 24 heavy (non-hydrogen) atoms. The molecule has 0 radical (unpaired) electrons. The lowest BCUT2D eigenvalue weighted by Crippen LogP contribution is -2.45. The van der Waals surface area contributed by atoms with Gasteiger partial charge in [-0.2, -0.15) is 9.40 Å². The fraction of sp³-hybridized carbons (Fsp3) is 0.538. The zero-order valence-electron chi connectivity index (χ0n) is 13.3. The summed E-state index contributed by atoms with van der Waals surface area (Å²) in [5.74, 6) is -0.415. The van der Waals surface area contributed by atoms with Crippen LogP contribution in [0.5, 0.6) is 0 Å². The minimum atomic E-state index is -3.80. The quantitative estimate of drug-likeness (QED) is 0.766. The van der Waals surface area contributed by atoms with Crippen LogP contribution >= 0.6 is 11.3 Å². The van der Waals surface area contributed by atoms with Gasteiger partial charge >= 0.3 is 0 Å². The van der Waals surface area contributed by atoms with E-state index in [0.717, 1.165) is 11.3 Å². The van der Waals surface area contributed by atoms with Crippen molar-refractivity contribution in [1.82, 2.24) is 19.1 Å². The summed E-state index contributed by atoms with van der Waals surface area (Å²) in [6.07, 6.45) is 4.56. The van der Waals surface area contributed by atoms with Crippen LogP contribution in [0, 0.1) is 6.92 Å². The molecule has 11 heteroatoms. The maximum Gasteiger partial charge on any atom is 0.254 e. The van der Waals surface area contributed by atoms with Crippen LogP contribution in [-0.2, 0) is 26.4 Å². The van der Waals surface area contributed by atoms with Gasteiger partial charge in [-0.1, -0.05) is 0 Å². The second kappa shape index (κ2) is 6.21. The molecular formula is C13H18N4O4S3. The summed E-state index contributed by atoms with van der Waals surface area (Å²) in [6.45, 7) is 4.19. The number of rotatable bonds is 4. The second-order valence-corrected chi connectivity index (χ2v) is 11.2. The van der Waals surface area contributed by atoms with E-state index in [1.807, 2.05) is 6.92 Å². The average molecular weight is 391 g/mol. The van der Waals surface area contributed by atoms with Crippen LogP contribution in [0.1, 0.15) is 23.5 Å². The van der Waals surface area contributed by atoms with Gasteiger partial charge in [0.25, 0.3) is 10.0 Å². The Hall–Kier alpha value is -1.30. The molecule has 1 aliphatic heterocycles. The van der Waals surface area contributed by atoms with Crippen LogP contribution in [0.25, 0.3) is 0 Å². The first kappa shape index (κ1) is 17.5. The van der Waals surface area contributed by atoms with E-state index in [2.05, 4.69) is 10.1 Å². The molecule has 2 aromatic heterocycles. The van der Waals surface area contributed by atoms with Crippen LogP contribution < -0.4 is 0 Å². The van der Waals surface area contributed by atoms with Crippen molar-refractivity contribution in [2.24, 2.45) is 0 Å². The standard InChI is InChI=1S/C13H18N4O4S3/c1-3-16-8-11(6-15-16)12-9-23(18,19)5-4-17(12)24(20,21)13-7-14-10(2)22-13/h6-8,12H,3-5,9H2,1-2H3. The Bertz CT molecular complexity index is 946. The van der Waals surface area contributed by atoms with Crippen LogP contribution in [-0.4, -0.2) is 54.0 Å². The van der Waals surface area contributed by atoms with Gasteiger partial charge in [0, 0.05) is 24.8 Å². The van der Waals surface area contributed by atoms with Gasteiger partial charge in [0.15, 0.2) is 14.0 Å². The predicted molar refractivity (Wildman–Crippen MR) is 90.0 cm³/mol. The first-order chi connectivity index (χ1) is 11.2. The fourth-order valence-electron chi connectivity index (χ4n) is 2.64. The highest BCUT2D eigenvalue weighted by molar-refractivity contribution is 7.92. The number of aromatic nitrogens is 3. The van der Waals surface area contributed by atoms with Crippen molar-refractivity contribution in [2.45, 2.75) is 30.6 Å². The molecule has 2 aromatic rings. The van der Waals surface area contributed by atoms with Crippen molar-refractivity contribution in [3.05, 3.63) is 29.2 Å². The number of sulfone groups is 1. The summed E-state index contributed by atoms with van der Waals surface area (Å²) < 4.78 is 53.1. The highest BCUT2D eigenvalue weighted by atomic mass is 32.2. The van der Waals surface area contributed by atoms with Crippen molar-refractivity contribution >= 4 is 31.2 Å². The molecule has 1 unspecified atom stereocenters. The summed E-state index contributed by atoms with van der Waals surface area (Å²) in [4.78, 5) is 4.00. The molecule has 0 amide bonds. The molecule has 0 spiro atoms. The highest BCUT2D eigenvalue weighted by Gasteiger charge is 2.41. The molecule has 0 aliphatic carbocycles. The third-order valence-electron chi connectivity index (χ3n) is 3.91. The van der Waals surface area contributed by atoms with Crippen molar-refractivity contribution in [3.63, 3.8) is 0 Å². The average Bonchev–Trinajstić information content (AvgIpc) is 3.14. The Labute approximate surface area is 145 Å². The minimum absolute atomic E-state index is 0.0659. The third-order valence-corrected chi connectivity index (χ3v) is 8.79. The highest BCUT2D eigenvalue weighted by Crippen LogP contribution is 2.33. The van der Waals surface area contributed by atoms with Gasteiger partial charge in [0.1, 0.15) is 0 Å². The number of thiazole rings is 1. The van der Waals surface area contributed by atoms with E-state index in [9.17, 15) is 16.8 Å². The van der Waals surface area contributed by atoms with E-state index in [4.69, 9.17) is 0 Å². The molecule has 1 aliphatic rings.